The molecule has 2 amide bonds. The van der Waals surface area contributed by atoms with Crippen LogP contribution in [0.1, 0.15) is 47.5 Å². The number of alkyl carbamates (subject to hydrolysis) is 1. The van der Waals surface area contributed by atoms with E-state index in [0.717, 1.165) is 25.9 Å². The van der Waals surface area contributed by atoms with Gasteiger partial charge >= 0.3 is 6.09 Å². The first kappa shape index (κ1) is 16.8. The molecule has 5 heteroatoms. The van der Waals surface area contributed by atoms with E-state index in [1.165, 1.54) is 0 Å². The molecule has 0 aromatic heterocycles. The molecule has 0 saturated carbocycles. The fraction of sp³-hybridized carbons (Fsp3) is 0.867. The molecular weight excluding hydrogens is 256 g/mol. The number of nitrogens with one attached hydrogen (secondary N) is 1. The van der Waals surface area contributed by atoms with Crippen molar-refractivity contribution >= 4 is 12.0 Å². The number of piperidine rings is 1. The largest absolute Gasteiger partial charge is 0.444 e. The SMILES string of the molecule is CC(C)C1CCN(C(=O)CNC(=O)OC(C)(C)C)CC1. The lowest BCUT2D eigenvalue weighted by molar-refractivity contribution is -0.131. The first-order valence-electron chi connectivity index (χ1n) is 7.43. The lowest BCUT2D eigenvalue weighted by atomic mass is 9.87. The second-order valence-corrected chi connectivity index (χ2v) is 6.82. The molecule has 1 heterocycles. The molecule has 5 nitrogen and oxygen atoms in total. The zero-order valence-electron chi connectivity index (χ0n) is 13.4. The maximum absolute atomic E-state index is 12.0. The van der Waals surface area contributed by atoms with Gasteiger partial charge in [-0.1, -0.05) is 13.8 Å². The third-order valence-electron chi connectivity index (χ3n) is 3.62. The highest BCUT2D eigenvalue weighted by Crippen LogP contribution is 2.24. The Morgan fingerprint density at radius 3 is 2.25 bits per heavy atom. The average molecular weight is 284 g/mol. The van der Waals surface area contributed by atoms with Crippen LogP contribution in [0.4, 0.5) is 4.79 Å². The minimum Gasteiger partial charge on any atom is -0.444 e. The molecule has 1 N–H and O–H groups in total. The maximum atomic E-state index is 12.0. The molecule has 0 atom stereocenters. The summed E-state index contributed by atoms with van der Waals surface area (Å²) < 4.78 is 5.10. The number of nitrogens with zero attached hydrogens (tertiary/aromatic N) is 1. The molecule has 0 bridgehead atoms. The van der Waals surface area contributed by atoms with E-state index in [9.17, 15) is 9.59 Å². The second kappa shape index (κ2) is 6.95. The summed E-state index contributed by atoms with van der Waals surface area (Å²) in [5, 5.41) is 2.52. The molecule has 0 unspecified atom stereocenters. The molecule has 1 saturated heterocycles. The summed E-state index contributed by atoms with van der Waals surface area (Å²) in [7, 11) is 0. The third-order valence-corrected chi connectivity index (χ3v) is 3.62. The molecule has 1 rings (SSSR count). The summed E-state index contributed by atoms with van der Waals surface area (Å²) in [5.41, 5.74) is -0.539. The van der Waals surface area contributed by atoms with Gasteiger partial charge in [0.05, 0.1) is 0 Å². The van der Waals surface area contributed by atoms with E-state index in [2.05, 4.69) is 19.2 Å². The van der Waals surface area contributed by atoms with Crippen molar-refractivity contribution in [3.63, 3.8) is 0 Å². The van der Waals surface area contributed by atoms with Gasteiger partial charge in [0, 0.05) is 13.1 Å². The molecule has 0 aliphatic carbocycles. The van der Waals surface area contributed by atoms with Crippen molar-refractivity contribution in [3.8, 4) is 0 Å². The highest BCUT2D eigenvalue weighted by molar-refractivity contribution is 5.82. The van der Waals surface area contributed by atoms with Crippen molar-refractivity contribution < 1.29 is 14.3 Å². The van der Waals surface area contributed by atoms with Crippen LogP contribution in [-0.4, -0.2) is 42.1 Å². The van der Waals surface area contributed by atoms with Crippen LogP contribution in [0.5, 0.6) is 0 Å². The van der Waals surface area contributed by atoms with Gasteiger partial charge in [-0.25, -0.2) is 4.79 Å². The summed E-state index contributed by atoms with van der Waals surface area (Å²) >= 11 is 0. The van der Waals surface area contributed by atoms with Crippen LogP contribution >= 0.6 is 0 Å². The Bertz CT molecular complexity index is 340. The van der Waals surface area contributed by atoms with Crippen LogP contribution in [0.15, 0.2) is 0 Å². The first-order chi connectivity index (χ1) is 9.19. The molecule has 1 aliphatic rings. The third kappa shape index (κ3) is 5.80. The molecule has 116 valence electrons. The summed E-state index contributed by atoms with van der Waals surface area (Å²) in [4.78, 5) is 25.3. The van der Waals surface area contributed by atoms with Crippen LogP contribution in [0.3, 0.4) is 0 Å². The number of hydrogen-bond donors (Lipinski definition) is 1. The molecule has 0 aromatic rings. The van der Waals surface area contributed by atoms with Crippen molar-refractivity contribution in [1.29, 1.82) is 0 Å². The van der Waals surface area contributed by atoms with Crippen LogP contribution in [0.2, 0.25) is 0 Å². The predicted octanol–water partition coefficient (Wildman–Crippen LogP) is 2.41. The molecule has 0 spiro atoms. The zero-order chi connectivity index (χ0) is 15.3. The van der Waals surface area contributed by atoms with Gasteiger partial charge in [-0.05, 0) is 45.4 Å². The van der Waals surface area contributed by atoms with Crippen molar-refractivity contribution in [2.45, 2.75) is 53.1 Å². The minimum atomic E-state index is -0.539. The Morgan fingerprint density at radius 1 is 1.25 bits per heavy atom. The summed E-state index contributed by atoms with van der Waals surface area (Å²) in [6, 6.07) is 0. The van der Waals surface area contributed by atoms with Gasteiger partial charge in [0.25, 0.3) is 0 Å². The first-order valence-corrected chi connectivity index (χ1v) is 7.43. The number of amides is 2. The van der Waals surface area contributed by atoms with Gasteiger partial charge in [0.15, 0.2) is 0 Å². The van der Waals surface area contributed by atoms with Gasteiger partial charge in [-0.2, -0.15) is 0 Å². The normalized spacial score (nSPS) is 17.2. The van der Waals surface area contributed by atoms with E-state index in [1.807, 2.05) is 4.90 Å². The van der Waals surface area contributed by atoms with E-state index in [0.29, 0.717) is 11.8 Å². The molecule has 0 aromatic carbocycles. The Morgan fingerprint density at radius 2 is 1.80 bits per heavy atom. The Hall–Kier alpha value is -1.26. The minimum absolute atomic E-state index is 0.0151. The van der Waals surface area contributed by atoms with Crippen LogP contribution in [-0.2, 0) is 9.53 Å². The van der Waals surface area contributed by atoms with Crippen LogP contribution < -0.4 is 5.32 Å². The molecule has 1 aliphatic heterocycles. The molecule has 0 radical (unpaired) electrons. The quantitative estimate of drug-likeness (QED) is 0.865. The zero-order valence-corrected chi connectivity index (χ0v) is 13.4. The average Bonchev–Trinajstić information content (AvgIpc) is 2.34. The number of carbonyl (C=O) groups is 2. The summed E-state index contributed by atoms with van der Waals surface area (Å²) in [5.74, 6) is 1.35. The van der Waals surface area contributed by atoms with E-state index < -0.39 is 11.7 Å². The van der Waals surface area contributed by atoms with E-state index >= 15 is 0 Å². The van der Waals surface area contributed by atoms with Gasteiger partial charge in [-0.15, -0.1) is 0 Å². The number of rotatable bonds is 3. The Kier molecular flexibility index (Phi) is 5.84. The van der Waals surface area contributed by atoms with Gasteiger partial charge in [-0.3, -0.25) is 4.79 Å². The van der Waals surface area contributed by atoms with Crippen molar-refractivity contribution in [2.24, 2.45) is 11.8 Å². The lowest BCUT2D eigenvalue weighted by Gasteiger charge is -2.34. The summed E-state index contributed by atoms with van der Waals surface area (Å²) in [6.07, 6.45) is 1.56. The van der Waals surface area contributed by atoms with Gasteiger partial charge < -0.3 is 15.0 Å². The fourth-order valence-corrected chi connectivity index (χ4v) is 2.39. The molecular formula is C15H28N2O3. The highest BCUT2D eigenvalue weighted by atomic mass is 16.6. The van der Waals surface area contributed by atoms with Crippen molar-refractivity contribution in [1.82, 2.24) is 10.2 Å². The maximum Gasteiger partial charge on any atom is 0.408 e. The van der Waals surface area contributed by atoms with E-state index in [4.69, 9.17) is 4.74 Å². The summed E-state index contributed by atoms with van der Waals surface area (Å²) in [6.45, 7) is 11.4. The molecule has 20 heavy (non-hydrogen) atoms. The topological polar surface area (TPSA) is 58.6 Å². The second-order valence-electron chi connectivity index (χ2n) is 6.82. The number of hydrogen-bond acceptors (Lipinski definition) is 3. The Labute approximate surface area is 122 Å². The van der Waals surface area contributed by atoms with Crippen molar-refractivity contribution in [2.75, 3.05) is 19.6 Å². The number of ether oxygens (including phenoxy) is 1. The number of carbonyl (C=O) groups excluding carboxylic acids is 2. The predicted molar refractivity (Wildman–Crippen MR) is 78.4 cm³/mol. The van der Waals surface area contributed by atoms with Gasteiger partial charge in [0.2, 0.25) is 5.91 Å². The molecule has 1 fully saturated rings. The number of likely N-dealkylation sites (tertiary alicyclic amines) is 1. The standard InChI is InChI=1S/C15H28N2O3/c1-11(2)12-6-8-17(9-7-12)13(18)10-16-14(19)20-15(3,4)5/h11-12H,6-10H2,1-5H3,(H,16,19). The Balaban J connectivity index is 2.29. The van der Waals surface area contributed by atoms with Gasteiger partial charge in [0.1, 0.15) is 12.1 Å². The fourth-order valence-electron chi connectivity index (χ4n) is 2.39. The monoisotopic (exact) mass is 284 g/mol. The highest BCUT2D eigenvalue weighted by Gasteiger charge is 2.25. The van der Waals surface area contributed by atoms with Crippen molar-refractivity contribution in [3.05, 3.63) is 0 Å². The van der Waals surface area contributed by atoms with E-state index in [-0.39, 0.29) is 12.5 Å². The van der Waals surface area contributed by atoms with Crippen LogP contribution in [0.25, 0.3) is 0 Å². The smallest absolute Gasteiger partial charge is 0.408 e. The lowest BCUT2D eigenvalue weighted by Crippen LogP contribution is -2.45. The van der Waals surface area contributed by atoms with E-state index in [1.54, 1.807) is 20.8 Å². The van der Waals surface area contributed by atoms with Crippen LogP contribution in [0, 0.1) is 11.8 Å².